The number of carboxylic acids is 1. The highest BCUT2D eigenvalue weighted by Crippen LogP contribution is 2.35. The average Bonchev–Trinajstić information content (AvgIpc) is 2.27. The van der Waals surface area contributed by atoms with E-state index in [0.29, 0.717) is 6.04 Å². The van der Waals surface area contributed by atoms with Gasteiger partial charge in [0.1, 0.15) is 5.54 Å². The van der Waals surface area contributed by atoms with Gasteiger partial charge in [-0.2, -0.15) is 0 Å². The van der Waals surface area contributed by atoms with Gasteiger partial charge < -0.3 is 5.11 Å². The van der Waals surface area contributed by atoms with Gasteiger partial charge in [0.2, 0.25) is 0 Å². The SMILES string of the molecule is CC1CCN1C(C)(C(=O)O)c1ccccc1. The minimum atomic E-state index is -0.890. The van der Waals surface area contributed by atoms with E-state index in [-0.39, 0.29) is 0 Å². The standard InChI is InChI=1S/C13H17NO2/c1-10-8-9-14(10)13(2,12(15)16)11-6-4-3-5-7-11/h3-7,10H,8-9H2,1-2H3,(H,15,16). The summed E-state index contributed by atoms with van der Waals surface area (Å²) in [6.45, 7) is 4.73. The Kier molecular flexibility index (Phi) is 2.72. The first-order chi connectivity index (χ1) is 7.56. The Morgan fingerprint density at radius 2 is 2.06 bits per heavy atom. The van der Waals surface area contributed by atoms with Gasteiger partial charge in [0, 0.05) is 12.6 Å². The molecule has 1 aromatic rings. The molecule has 0 aliphatic carbocycles. The molecule has 1 N–H and O–H groups in total. The van der Waals surface area contributed by atoms with E-state index in [1.807, 2.05) is 35.2 Å². The molecule has 2 rings (SSSR count). The first kappa shape index (κ1) is 11.1. The molecular formula is C13H17NO2. The summed E-state index contributed by atoms with van der Waals surface area (Å²) in [5.74, 6) is -0.773. The summed E-state index contributed by atoms with van der Waals surface area (Å²) in [5, 5.41) is 9.50. The van der Waals surface area contributed by atoms with E-state index in [2.05, 4.69) is 6.92 Å². The van der Waals surface area contributed by atoms with Crippen LogP contribution in [0.25, 0.3) is 0 Å². The van der Waals surface area contributed by atoms with E-state index in [0.717, 1.165) is 18.5 Å². The summed E-state index contributed by atoms with van der Waals surface area (Å²) in [6, 6.07) is 9.81. The second-order valence-corrected chi connectivity index (χ2v) is 4.57. The van der Waals surface area contributed by atoms with Crippen molar-refractivity contribution in [1.29, 1.82) is 0 Å². The van der Waals surface area contributed by atoms with E-state index in [1.54, 1.807) is 6.92 Å². The maximum Gasteiger partial charge on any atom is 0.328 e. The highest BCUT2D eigenvalue weighted by atomic mass is 16.4. The Bertz CT molecular complexity index is 390. The van der Waals surface area contributed by atoms with Gasteiger partial charge in [-0.3, -0.25) is 4.90 Å². The van der Waals surface area contributed by atoms with Crippen molar-refractivity contribution in [1.82, 2.24) is 4.90 Å². The summed E-state index contributed by atoms with van der Waals surface area (Å²) < 4.78 is 0. The largest absolute Gasteiger partial charge is 0.480 e. The van der Waals surface area contributed by atoms with Crippen molar-refractivity contribution in [3.63, 3.8) is 0 Å². The minimum Gasteiger partial charge on any atom is -0.480 e. The summed E-state index contributed by atoms with van der Waals surface area (Å²) >= 11 is 0. The molecule has 0 bridgehead atoms. The van der Waals surface area contributed by atoms with Crippen LogP contribution < -0.4 is 0 Å². The number of likely N-dealkylation sites (tertiary alicyclic amines) is 1. The van der Waals surface area contributed by atoms with E-state index < -0.39 is 11.5 Å². The van der Waals surface area contributed by atoms with Gasteiger partial charge in [0.25, 0.3) is 0 Å². The molecule has 0 saturated carbocycles. The van der Waals surface area contributed by atoms with Crippen molar-refractivity contribution in [2.24, 2.45) is 0 Å². The second kappa shape index (κ2) is 3.91. The van der Waals surface area contributed by atoms with Gasteiger partial charge in [-0.05, 0) is 25.8 Å². The molecule has 1 saturated heterocycles. The highest BCUT2D eigenvalue weighted by Gasteiger charge is 2.46. The Morgan fingerprint density at radius 3 is 2.44 bits per heavy atom. The third-order valence-electron chi connectivity index (χ3n) is 3.65. The van der Waals surface area contributed by atoms with Crippen molar-refractivity contribution >= 4 is 5.97 Å². The maximum absolute atomic E-state index is 11.6. The quantitative estimate of drug-likeness (QED) is 0.846. The van der Waals surface area contributed by atoms with Crippen LogP contribution in [0, 0.1) is 0 Å². The molecule has 16 heavy (non-hydrogen) atoms. The minimum absolute atomic E-state index is 0.348. The Balaban J connectivity index is 2.40. The Labute approximate surface area is 95.7 Å². The molecule has 2 unspecified atom stereocenters. The molecule has 1 aliphatic heterocycles. The Hall–Kier alpha value is -1.35. The summed E-state index contributed by atoms with van der Waals surface area (Å²) in [5.41, 5.74) is -0.0344. The van der Waals surface area contributed by atoms with Crippen LogP contribution in [0.2, 0.25) is 0 Å². The van der Waals surface area contributed by atoms with Crippen LogP contribution in [0.5, 0.6) is 0 Å². The zero-order valence-corrected chi connectivity index (χ0v) is 9.68. The van der Waals surface area contributed by atoms with Gasteiger partial charge in [-0.15, -0.1) is 0 Å². The Morgan fingerprint density at radius 1 is 1.44 bits per heavy atom. The topological polar surface area (TPSA) is 40.5 Å². The van der Waals surface area contributed by atoms with Gasteiger partial charge >= 0.3 is 5.97 Å². The molecule has 0 radical (unpaired) electrons. The van der Waals surface area contributed by atoms with E-state index in [1.165, 1.54) is 0 Å². The molecule has 1 heterocycles. The summed E-state index contributed by atoms with van der Waals surface area (Å²) in [4.78, 5) is 13.6. The number of carboxylic acid groups (broad SMARTS) is 1. The molecule has 0 spiro atoms. The summed E-state index contributed by atoms with van der Waals surface area (Å²) in [7, 11) is 0. The molecule has 3 nitrogen and oxygen atoms in total. The lowest BCUT2D eigenvalue weighted by molar-refractivity contribution is -0.157. The smallest absolute Gasteiger partial charge is 0.328 e. The molecule has 3 heteroatoms. The van der Waals surface area contributed by atoms with Gasteiger partial charge in [0.15, 0.2) is 0 Å². The van der Waals surface area contributed by atoms with Gasteiger partial charge in [-0.1, -0.05) is 30.3 Å². The first-order valence-corrected chi connectivity index (χ1v) is 5.62. The summed E-state index contributed by atoms with van der Waals surface area (Å²) in [6.07, 6.45) is 1.08. The van der Waals surface area contributed by atoms with Crippen LogP contribution in [-0.2, 0) is 10.3 Å². The van der Waals surface area contributed by atoms with E-state index in [4.69, 9.17) is 0 Å². The van der Waals surface area contributed by atoms with Gasteiger partial charge in [0.05, 0.1) is 0 Å². The number of benzene rings is 1. The van der Waals surface area contributed by atoms with E-state index >= 15 is 0 Å². The number of rotatable bonds is 3. The molecule has 0 aromatic heterocycles. The lowest BCUT2D eigenvalue weighted by Gasteiger charge is -2.49. The second-order valence-electron chi connectivity index (χ2n) is 4.57. The van der Waals surface area contributed by atoms with Gasteiger partial charge in [-0.25, -0.2) is 4.79 Å². The highest BCUT2D eigenvalue weighted by molar-refractivity contribution is 5.80. The van der Waals surface area contributed by atoms with Crippen molar-refractivity contribution in [3.05, 3.63) is 35.9 Å². The third kappa shape index (κ3) is 1.52. The van der Waals surface area contributed by atoms with Crippen molar-refractivity contribution < 1.29 is 9.90 Å². The van der Waals surface area contributed by atoms with Crippen molar-refractivity contribution in [2.75, 3.05) is 6.54 Å². The molecule has 1 aliphatic rings. The number of nitrogens with zero attached hydrogens (tertiary/aromatic N) is 1. The predicted octanol–water partition coefficient (Wildman–Crippen LogP) is 2.08. The third-order valence-corrected chi connectivity index (χ3v) is 3.65. The van der Waals surface area contributed by atoms with Crippen LogP contribution in [-0.4, -0.2) is 28.6 Å². The fourth-order valence-corrected chi connectivity index (χ4v) is 2.36. The van der Waals surface area contributed by atoms with Crippen LogP contribution in [0.4, 0.5) is 0 Å². The fraction of sp³-hybridized carbons (Fsp3) is 0.462. The average molecular weight is 219 g/mol. The molecule has 1 fully saturated rings. The zero-order valence-electron chi connectivity index (χ0n) is 9.68. The van der Waals surface area contributed by atoms with Crippen LogP contribution in [0.1, 0.15) is 25.8 Å². The number of hydrogen-bond donors (Lipinski definition) is 1. The van der Waals surface area contributed by atoms with Crippen molar-refractivity contribution in [2.45, 2.75) is 31.8 Å². The molecular weight excluding hydrogens is 202 g/mol. The maximum atomic E-state index is 11.6. The number of aliphatic carboxylic acids is 1. The van der Waals surface area contributed by atoms with Crippen LogP contribution in [0.15, 0.2) is 30.3 Å². The fourth-order valence-electron chi connectivity index (χ4n) is 2.36. The van der Waals surface area contributed by atoms with Crippen molar-refractivity contribution in [3.8, 4) is 0 Å². The number of hydrogen-bond acceptors (Lipinski definition) is 2. The van der Waals surface area contributed by atoms with E-state index in [9.17, 15) is 9.90 Å². The molecule has 2 atom stereocenters. The van der Waals surface area contributed by atoms with Crippen LogP contribution in [0.3, 0.4) is 0 Å². The lowest BCUT2D eigenvalue weighted by atomic mass is 9.85. The predicted molar refractivity (Wildman–Crippen MR) is 62.2 cm³/mol. The lowest BCUT2D eigenvalue weighted by Crippen LogP contribution is -2.60. The molecule has 86 valence electrons. The zero-order chi connectivity index (χ0) is 11.8. The molecule has 1 aromatic carbocycles. The first-order valence-electron chi connectivity index (χ1n) is 5.62. The molecule has 0 amide bonds. The monoisotopic (exact) mass is 219 g/mol. The number of carbonyl (C=O) groups is 1. The normalized spacial score (nSPS) is 24.5. The van der Waals surface area contributed by atoms with Crippen LogP contribution >= 0.6 is 0 Å².